The largest absolute Gasteiger partial charge is 0.370 e. The van der Waals surface area contributed by atoms with Crippen molar-refractivity contribution in [1.29, 1.82) is 0 Å². The number of hydrogen-bond acceptors (Lipinski definition) is 2. The van der Waals surface area contributed by atoms with Crippen LogP contribution < -0.4 is 5.73 Å². The highest BCUT2D eigenvalue weighted by atomic mass is 32.2. The highest BCUT2D eigenvalue weighted by Gasteiger charge is 2.20. The summed E-state index contributed by atoms with van der Waals surface area (Å²) in [4.78, 5) is 10.8. The van der Waals surface area contributed by atoms with Gasteiger partial charge >= 0.3 is 0 Å². The minimum atomic E-state index is -0.236. The lowest BCUT2D eigenvalue weighted by Gasteiger charge is -2.22. The first kappa shape index (κ1) is 12.1. The van der Waals surface area contributed by atoms with Crippen molar-refractivity contribution in [3.05, 3.63) is 35.9 Å². The van der Waals surface area contributed by atoms with Crippen LogP contribution in [0.2, 0.25) is 0 Å². The molecule has 2 nitrogen and oxygen atoms in total. The van der Waals surface area contributed by atoms with Crippen LogP contribution in [-0.2, 0) is 10.5 Å². The van der Waals surface area contributed by atoms with Gasteiger partial charge in [-0.1, -0.05) is 44.2 Å². The smallest absolute Gasteiger partial charge is 0.218 e. The van der Waals surface area contributed by atoms with Crippen molar-refractivity contribution in [2.24, 2.45) is 5.73 Å². The average molecular weight is 223 g/mol. The van der Waals surface area contributed by atoms with Crippen molar-refractivity contribution in [3.8, 4) is 0 Å². The van der Waals surface area contributed by atoms with E-state index in [1.807, 2.05) is 32.0 Å². The summed E-state index contributed by atoms with van der Waals surface area (Å²) in [5, 5.41) is 0. The maximum absolute atomic E-state index is 10.8. The second kappa shape index (κ2) is 5.21. The van der Waals surface area contributed by atoms with Gasteiger partial charge in [0.15, 0.2) is 0 Å². The van der Waals surface area contributed by atoms with Crippen LogP contribution in [0.1, 0.15) is 25.8 Å². The van der Waals surface area contributed by atoms with Gasteiger partial charge in [-0.25, -0.2) is 0 Å². The molecule has 0 atom stereocenters. The van der Waals surface area contributed by atoms with Gasteiger partial charge in [0.25, 0.3) is 0 Å². The highest BCUT2D eigenvalue weighted by molar-refractivity contribution is 7.99. The fraction of sp³-hybridized carbons (Fsp3) is 0.417. The fourth-order valence-electron chi connectivity index (χ4n) is 1.32. The monoisotopic (exact) mass is 223 g/mol. The predicted octanol–water partition coefficient (Wildman–Crippen LogP) is 2.57. The Balaban J connectivity index is 2.46. The summed E-state index contributed by atoms with van der Waals surface area (Å²) in [7, 11) is 0. The summed E-state index contributed by atoms with van der Waals surface area (Å²) in [5.41, 5.74) is 6.47. The van der Waals surface area contributed by atoms with Crippen LogP contribution in [0, 0.1) is 0 Å². The molecule has 15 heavy (non-hydrogen) atoms. The summed E-state index contributed by atoms with van der Waals surface area (Å²) in [5.74, 6) is 0.682. The van der Waals surface area contributed by atoms with Crippen molar-refractivity contribution in [2.45, 2.75) is 30.8 Å². The van der Waals surface area contributed by atoms with Gasteiger partial charge in [-0.3, -0.25) is 4.79 Å². The first-order chi connectivity index (χ1) is 6.99. The van der Waals surface area contributed by atoms with Crippen LogP contribution in [0.25, 0.3) is 0 Å². The Morgan fingerprint density at radius 3 is 2.47 bits per heavy atom. The molecule has 0 radical (unpaired) electrons. The average Bonchev–Trinajstić information content (AvgIpc) is 2.15. The van der Waals surface area contributed by atoms with Gasteiger partial charge in [0.1, 0.15) is 0 Å². The van der Waals surface area contributed by atoms with E-state index >= 15 is 0 Å². The standard InChI is InChI=1S/C12H17NOS/c1-12(2,8-11(13)14)15-9-10-6-4-3-5-7-10/h3-7H,8-9H2,1-2H3,(H2,13,14). The van der Waals surface area contributed by atoms with E-state index in [1.165, 1.54) is 5.56 Å². The third kappa shape index (κ3) is 4.88. The lowest BCUT2D eigenvalue weighted by molar-refractivity contribution is -0.118. The van der Waals surface area contributed by atoms with Crippen molar-refractivity contribution in [2.75, 3.05) is 0 Å². The maximum Gasteiger partial charge on any atom is 0.218 e. The number of amides is 1. The molecule has 1 rings (SSSR count). The number of primary amides is 1. The van der Waals surface area contributed by atoms with E-state index in [0.29, 0.717) is 6.42 Å². The van der Waals surface area contributed by atoms with Crippen LogP contribution in [0.4, 0.5) is 0 Å². The molecule has 0 heterocycles. The summed E-state index contributed by atoms with van der Waals surface area (Å²) in [6.07, 6.45) is 0.421. The maximum atomic E-state index is 10.8. The number of carbonyl (C=O) groups excluding carboxylic acids is 1. The Hall–Kier alpha value is -0.960. The van der Waals surface area contributed by atoms with Crippen LogP contribution in [-0.4, -0.2) is 10.7 Å². The Labute approximate surface area is 95.2 Å². The Morgan fingerprint density at radius 1 is 1.33 bits per heavy atom. The Morgan fingerprint density at radius 2 is 1.93 bits per heavy atom. The third-order valence-corrected chi connectivity index (χ3v) is 3.48. The summed E-state index contributed by atoms with van der Waals surface area (Å²) in [6, 6.07) is 10.2. The van der Waals surface area contributed by atoms with Crippen molar-refractivity contribution in [1.82, 2.24) is 0 Å². The summed E-state index contributed by atoms with van der Waals surface area (Å²) in [6.45, 7) is 4.09. The molecule has 82 valence electrons. The molecule has 0 fully saturated rings. The molecule has 0 saturated heterocycles. The number of benzene rings is 1. The summed E-state index contributed by atoms with van der Waals surface area (Å²) >= 11 is 1.76. The quantitative estimate of drug-likeness (QED) is 0.833. The van der Waals surface area contributed by atoms with Crippen LogP contribution in [0.5, 0.6) is 0 Å². The molecule has 0 bridgehead atoms. The molecule has 0 saturated carbocycles. The SMILES string of the molecule is CC(C)(CC(N)=O)SCc1ccccc1. The molecule has 1 amide bonds. The first-order valence-corrected chi connectivity index (χ1v) is 5.94. The zero-order valence-corrected chi connectivity index (χ0v) is 10.0. The van der Waals surface area contributed by atoms with Gasteiger partial charge in [0.2, 0.25) is 5.91 Å². The Kier molecular flexibility index (Phi) is 4.21. The number of nitrogens with two attached hydrogens (primary N) is 1. The molecular formula is C12H17NOS. The van der Waals surface area contributed by atoms with Crippen LogP contribution in [0.15, 0.2) is 30.3 Å². The topological polar surface area (TPSA) is 43.1 Å². The van der Waals surface area contributed by atoms with Gasteiger partial charge < -0.3 is 5.73 Å². The van der Waals surface area contributed by atoms with Crippen LogP contribution in [0.3, 0.4) is 0 Å². The molecule has 2 N–H and O–H groups in total. The van der Waals surface area contributed by atoms with Gasteiger partial charge in [-0.05, 0) is 5.56 Å². The summed E-state index contributed by atoms with van der Waals surface area (Å²) < 4.78 is -0.0817. The molecule has 0 aliphatic heterocycles. The lowest BCUT2D eigenvalue weighted by Crippen LogP contribution is -2.25. The molecule has 1 aromatic carbocycles. The minimum Gasteiger partial charge on any atom is -0.370 e. The van der Waals surface area contributed by atoms with E-state index in [1.54, 1.807) is 11.8 Å². The Bertz CT molecular complexity index is 322. The number of thioether (sulfide) groups is 1. The highest BCUT2D eigenvalue weighted by Crippen LogP contribution is 2.30. The molecule has 1 aromatic rings. The van der Waals surface area contributed by atoms with Gasteiger partial charge in [0, 0.05) is 16.9 Å². The minimum absolute atomic E-state index is 0.0817. The van der Waals surface area contributed by atoms with Gasteiger partial charge in [0.05, 0.1) is 0 Å². The number of hydrogen-bond donors (Lipinski definition) is 1. The van der Waals surface area contributed by atoms with Crippen molar-refractivity contribution in [3.63, 3.8) is 0 Å². The van der Waals surface area contributed by atoms with Crippen molar-refractivity contribution < 1.29 is 4.79 Å². The normalized spacial score (nSPS) is 11.3. The molecular weight excluding hydrogens is 206 g/mol. The van der Waals surface area contributed by atoms with E-state index in [4.69, 9.17) is 5.73 Å². The number of rotatable bonds is 5. The zero-order chi connectivity index (χ0) is 11.3. The van der Waals surface area contributed by atoms with Crippen molar-refractivity contribution >= 4 is 17.7 Å². The zero-order valence-electron chi connectivity index (χ0n) is 9.19. The van der Waals surface area contributed by atoms with E-state index in [9.17, 15) is 4.79 Å². The first-order valence-electron chi connectivity index (χ1n) is 4.96. The molecule has 0 aromatic heterocycles. The fourth-order valence-corrected chi connectivity index (χ4v) is 2.32. The molecule has 0 unspecified atom stereocenters. The molecule has 0 aliphatic carbocycles. The van der Waals surface area contributed by atoms with Crippen LogP contribution >= 0.6 is 11.8 Å². The van der Waals surface area contributed by atoms with Gasteiger partial charge in [-0.2, -0.15) is 11.8 Å². The van der Waals surface area contributed by atoms with Gasteiger partial charge in [-0.15, -0.1) is 0 Å². The molecule has 3 heteroatoms. The number of carbonyl (C=O) groups is 1. The molecule has 0 aliphatic rings. The van der Waals surface area contributed by atoms with E-state index < -0.39 is 0 Å². The van der Waals surface area contributed by atoms with E-state index in [-0.39, 0.29) is 10.7 Å². The van der Waals surface area contributed by atoms with E-state index in [0.717, 1.165) is 5.75 Å². The molecule has 0 spiro atoms. The second-order valence-corrected chi connectivity index (χ2v) is 5.86. The second-order valence-electron chi connectivity index (χ2n) is 4.18. The predicted molar refractivity (Wildman–Crippen MR) is 65.6 cm³/mol. The van der Waals surface area contributed by atoms with E-state index in [2.05, 4.69) is 12.1 Å². The third-order valence-electron chi connectivity index (χ3n) is 2.07. The lowest BCUT2D eigenvalue weighted by atomic mass is 10.1.